The van der Waals surface area contributed by atoms with Crippen molar-refractivity contribution in [3.8, 4) is 5.75 Å². The van der Waals surface area contributed by atoms with Crippen LogP contribution in [0.2, 0.25) is 0 Å². The number of aryl methyl sites for hydroxylation is 1. The number of aromatic nitrogens is 2. The Kier molecular flexibility index (Phi) is 5.40. The molecule has 1 saturated carbocycles. The molecule has 28 heavy (non-hydrogen) atoms. The van der Waals surface area contributed by atoms with Gasteiger partial charge in [-0.2, -0.15) is 0 Å². The molecule has 1 aliphatic heterocycles. The Hall–Kier alpha value is -2.34. The molecule has 0 spiro atoms. The van der Waals surface area contributed by atoms with Crippen LogP contribution in [0.25, 0.3) is 0 Å². The zero-order valence-corrected chi connectivity index (χ0v) is 16.7. The van der Waals surface area contributed by atoms with Crippen LogP contribution in [0.4, 0.5) is 0 Å². The van der Waals surface area contributed by atoms with Crippen molar-refractivity contribution < 1.29 is 14.3 Å². The highest BCUT2D eigenvalue weighted by molar-refractivity contribution is 5.91. The number of amides is 1. The molecule has 6 heteroatoms. The minimum absolute atomic E-state index is 0.128. The van der Waals surface area contributed by atoms with Gasteiger partial charge >= 0.3 is 0 Å². The van der Waals surface area contributed by atoms with Gasteiger partial charge in [0.15, 0.2) is 0 Å². The van der Waals surface area contributed by atoms with Gasteiger partial charge in [0, 0.05) is 44.1 Å². The van der Waals surface area contributed by atoms with Crippen LogP contribution in [0.5, 0.6) is 5.75 Å². The fourth-order valence-corrected chi connectivity index (χ4v) is 4.18. The molecule has 0 unspecified atom stereocenters. The highest BCUT2D eigenvalue weighted by atomic mass is 16.5. The van der Waals surface area contributed by atoms with Gasteiger partial charge in [0.2, 0.25) is 5.91 Å². The van der Waals surface area contributed by atoms with Crippen molar-refractivity contribution in [1.29, 1.82) is 0 Å². The molecule has 1 aliphatic carbocycles. The molecule has 1 aromatic heterocycles. The summed E-state index contributed by atoms with van der Waals surface area (Å²) in [7, 11) is 1.65. The van der Waals surface area contributed by atoms with E-state index in [1.54, 1.807) is 7.11 Å². The van der Waals surface area contributed by atoms with Crippen molar-refractivity contribution >= 4 is 5.91 Å². The van der Waals surface area contributed by atoms with Gasteiger partial charge in [-0.05, 0) is 50.3 Å². The van der Waals surface area contributed by atoms with E-state index >= 15 is 0 Å². The highest BCUT2D eigenvalue weighted by Crippen LogP contribution is 2.48. The van der Waals surface area contributed by atoms with Crippen molar-refractivity contribution in [3.05, 3.63) is 47.5 Å². The largest absolute Gasteiger partial charge is 0.497 e. The van der Waals surface area contributed by atoms with Gasteiger partial charge in [-0.1, -0.05) is 12.1 Å². The summed E-state index contributed by atoms with van der Waals surface area (Å²) < 4.78 is 13.0. The first-order valence-corrected chi connectivity index (χ1v) is 10.2. The van der Waals surface area contributed by atoms with Crippen LogP contribution in [-0.2, 0) is 21.5 Å². The Labute approximate surface area is 166 Å². The first kappa shape index (κ1) is 19.0. The lowest BCUT2D eigenvalue weighted by molar-refractivity contribution is -0.123. The predicted molar refractivity (Wildman–Crippen MR) is 107 cm³/mol. The molecule has 1 aromatic carbocycles. The third-order valence-electron chi connectivity index (χ3n) is 6.12. The number of carbonyl (C=O) groups excluding carboxylic acids is 1. The Morgan fingerprint density at radius 1 is 1.29 bits per heavy atom. The molecular weight excluding hydrogens is 354 g/mol. The average Bonchev–Trinajstić information content (AvgIpc) is 3.48. The van der Waals surface area contributed by atoms with Gasteiger partial charge in [-0.3, -0.25) is 4.79 Å². The van der Waals surface area contributed by atoms with Crippen molar-refractivity contribution in [2.24, 2.45) is 0 Å². The van der Waals surface area contributed by atoms with Crippen LogP contribution >= 0.6 is 0 Å². The smallest absolute Gasteiger partial charge is 0.230 e. The highest BCUT2D eigenvalue weighted by Gasteiger charge is 2.51. The Morgan fingerprint density at radius 3 is 2.64 bits per heavy atom. The summed E-state index contributed by atoms with van der Waals surface area (Å²) in [4.78, 5) is 17.5. The molecule has 1 saturated heterocycles. The van der Waals surface area contributed by atoms with Gasteiger partial charge in [0.05, 0.1) is 12.5 Å². The second-order valence-corrected chi connectivity index (χ2v) is 7.86. The van der Waals surface area contributed by atoms with Crippen LogP contribution in [0.3, 0.4) is 0 Å². The average molecular weight is 383 g/mol. The van der Waals surface area contributed by atoms with Crippen LogP contribution in [0.1, 0.15) is 48.7 Å². The molecule has 0 radical (unpaired) electrons. The molecule has 6 nitrogen and oxygen atoms in total. The lowest BCUT2D eigenvalue weighted by Gasteiger charge is -2.23. The van der Waals surface area contributed by atoms with Crippen molar-refractivity contribution in [2.45, 2.75) is 50.5 Å². The summed E-state index contributed by atoms with van der Waals surface area (Å²) in [5.74, 6) is 2.53. The molecule has 4 rings (SSSR count). The molecule has 0 bridgehead atoms. The molecule has 1 amide bonds. The van der Waals surface area contributed by atoms with E-state index in [0.29, 0.717) is 12.5 Å². The maximum absolute atomic E-state index is 12.9. The predicted octanol–water partition coefficient (Wildman–Crippen LogP) is 2.94. The van der Waals surface area contributed by atoms with Crippen LogP contribution < -0.4 is 10.1 Å². The lowest BCUT2D eigenvalue weighted by Crippen LogP contribution is -2.37. The Morgan fingerprint density at radius 2 is 2.00 bits per heavy atom. The normalized spacial score (nSPS) is 18.6. The third-order valence-corrected chi connectivity index (χ3v) is 6.12. The minimum Gasteiger partial charge on any atom is -0.497 e. The summed E-state index contributed by atoms with van der Waals surface area (Å²) in [6.45, 7) is 5.06. The number of carbonyl (C=O) groups is 1. The lowest BCUT2D eigenvalue weighted by atomic mass is 9.95. The van der Waals surface area contributed by atoms with Gasteiger partial charge in [0.1, 0.15) is 11.6 Å². The van der Waals surface area contributed by atoms with Crippen LogP contribution in [0, 0.1) is 6.92 Å². The number of imidazole rings is 1. The molecule has 2 fully saturated rings. The van der Waals surface area contributed by atoms with E-state index in [1.807, 2.05) is 30.5 Å². The zero-order chi connectivity index (χ0) is 19.6. The van der Waals surface area contributed by atoms with Gasteiger partial charge in [-0.15, -0.1) is 0 Å². The molecule has 1 N–H and O–H groups in total. The first-order valence-electron chi connectivity index (χ1n) is 10.2. The monoisotopic (exact) mass is 383 g/mol. The van der Waals surface area contributed by atoms with Crippen LogP contribution in [-0.4, -0.2) is 42.3 Å². The summed E-state index contributed by atoms with van der Waals surface area (Å²) >= 11 is 0. The van der Waals surface area contributed by atoms with Crippen molar-refractivity contribution in [3.63, 3.8) is 0 Å². The number of hydrogen-bond donors (Lipinski definition) is 1. The quantitative estimate of drug-likeness (QED) is 0.798. The third kappa shape index (κ3) is 3.65. The summed E-state index contributed by atoms with van der Waals surface area (Å²) in [6, 6.07) is 7.87. The molecule has 150 valence electrons. The number of rotatable bonds is 7. The summed E-state index contributed by atoms with van der Waals surface area (Å²) in [6.07, 6.45) is 5.78. The van der Waals surface area contributed by atoms with E-state index in [9.17, 15) is 4.79 Å². The topological polar surface area (TPSA) is 65.4 Å². The molecule has 2 aromatic rings. The van der Waals surface area contributed by atoms with Gasteiger partial charge in [-0.25, -0.2) is 4.98 Å². The Balaban J connectivity index is 1.37. The summed E-state index contributed by atoms with van der Waals surface area (Å²) in [5.41, 5.74) is 1.86. The molecular formula is C22H29N3O3. The van der Waals surface area contributed by atoms with Crippen LogP contribution in [0.15, 0.2) is 30.5 Å². The van der Waals surface area contributed by atoms with E-state index < -0.39 is 0 Å². The number of methoxy groups -OCH3 is 1. The maximum Gasteiger partial charge on any atom is 0.230 e. The van der Waals surface area contributed by atoms with E-state index in [4.69, 9.17) is 9.47 Å². The van der Waals surface area contributed by atoms with Crippen molar-refractivity contribution in [1.82, 2.24) is 14.9 Å². The molecule has 0 atom stereocenters. The SMILES string of the molecule is COc1ccc(C2(C(=O)NCCn3c(C)cnc3C3CCOCC3)CC2)cc1. The van der Waals surface area contributed by atoms with Gasteiger partial charge in [0.25, 0.3) is 0 Å². The number of benzene rings is 1. The molecule has 2 heterocycles. The number of nitrogens with zero attached hydrogens (tertiary/aromatic N) is 2. The summed E-state index contributed by atoms with van der Waals surface area (Å²) in [5, 5.41) is 3.16. The fraction of sp³-hybridized carbons (Fsp3) is 0.545. The van der Waals surface area contributed by atoms with E-state index in [1.165, 1.54) is 0 Å². The Bertz CT molecular complexity index is 818. The number of hydrogen-bond acceptors (Lipinski definition) is 4. The second kappa shape index (κ2) is 7.95. The van der Waals surface area contributed by atoms with E-state index in [-0.39, 0.29) is 11.3 Å². The molecule has 2 aliphatic rings. The van der Waals surface area contributed by atoms with Gasteiger partial charge < -0.3 is 19.4 Å². The second-order valence-electron chi connectivity index (χ2n) is 7.86. The standard InChI is InChI=1S/C22H29N3O3/c1-16-15-24-20(17-7-13-28-14-8-17)25(16)12-11-23-21(26)22(9-10-22)18-3-5-19(27-2)6-4-18/h3-6,15,17H,7-14H2,1-2H3,(H,23,26). The number of ether oxygens (including phenoxy) is 2. The van der Waals surface area contributed by atoms with E-state index in [0.717, 1.165) is 68.3 Å². The van der Waals surface area contributed by atoms with E-state index in [2.05, 4.69) is 21.8 Å². The fourth-order valence-electron chi connectivity index (χ4n) is 4.18. The number of nitrogens with one attached hydrogen (secondary N) is 1. The maximum atomic E-state index is 12.9. The van der Waals surface area contributed by atoms with Crippen molar-refractivity contribution in [2.75, 3.05) is 26.9 Å². The zero-order valence-electron chi connectivity index (χ0n) is 16.7. The minimum atomic E-state index is -0.361. The first-order chi connectivity index (χ1) is 13.6.